The quantitative estimate of drug-likeness (QED) is 0.566. The fraction of sp³-hybridized carbons (Fsp3) is 0.333. The normalized spacial score (nSPS) is 9.56. The number of hydrogen-bond acceptors (Lipinski definition) is 2. The predicted molar refractivity (Wildman–Crippen MR) is 31.6 cm³/mol. The molecule has 0 fully saturated rings. The van der Waals surface area contributed by atoms with Crippen LogP contribution < -0.4 is 0 Å². The molecule has 0 saturated carbocycles. The molecule has 1 heterocycles. The molecule has 1 aromatic rings. The predicted octanol–water partition coefficient (Wildman–Crippen LogP) is 1.25. The molecule has 0 aromatic carbocycles. The molecule has 0 N–H and O–H groups in total. The monoisotopic (exact) mass is 126 g/mol. The second-order valence-electron chi connectivity index (χ2n) is 1.77. The zero-order valence-electron chi connectivity index (χ0n) is 5.13. The molecule has 0 bridgehead atoms. The van der Waals surface area contributed by atoms with E-state index >= 15 is 0 Å². The average Bonchev–Trinajstić information content (AvgIpc) is 1.90. The molecule has 0 saturated heterocycles. The molecular formula is C6H7FN2. The Hall–Kier alpha value is -0.990. The Labute approximate surface area is 52.8 Å². The van der Waals surface area contributed by atoms with Gasteiger partial charge in [-0.1, -0.05) is 0 Å². The number of rotatable bonds is 1. The number of halogens is 1. The van der Waals surface area contributed by atoms with Crippen molar-refractivity contribution < 1.29 is 4.39 Å². The molecule has 3 heteroatoms. The number of alkyl halides is 1. The van der Waals surface area contributed by atoms with Crippen LogP contribution in [0.1, 0.15) is 11.4 Å². The van der Waals surface area contributed by atoms with E-state index in [9.17, 15) is 4.39 Å². The Morgan fingerprint density at radius 3 is 2.44 bits per heavy atom. The van der Waals surface area contributed by atoms with Crippen molar-refractivity contribution in [2.24, 2.45) is 0 Å². The Morgan fingerprint density at radius 1 is 1.44 bits per heavy atom. The first-order chi connectivity index (χ1) is 4.33. The van der Waals surface area contributed by atoms with Crippen LogP contribution in [0.15, 0.2) is 12.4 Å². The summed E-state index contributed by atoms with van der Waals surface area (Å²) in [6.45, 7) is 1.28. The van der Waals surface area contributed by atoms with Crippen molar-refractivity contribution in [3.05, 3.63) is 23.8 Å². The summed E-state index contributed by atoms with van der Waals surface area (Å²) in [6.07, 6.45) is 2.98. The highest BCUT2D eigenvalue weighted by molar-refractivity contribution is 5.02. The Balaban J connectivity index is 2.88. The van der Waals surface area contributed by atoms with Gasteiger partial charge in [-0.2, -0.15) is 0 Å². The van der Waals surface area contributed by atoms with Crippen LogP contribution in [0.5, 0.6) is 0 Å². The first kappa shape index (κ1) is 6.13. The lowest BCUT2D eigenvalue weighted by Gasteiger charge is -1.91. The summed E-state index contributed by atoms with van der Waals surface area (Å²) >= 11 is 0. The summed E-state index contributed by atoms with van der Waals surface area (Å²) in [4.78, 5) is 7.60. The molecule has 0 amide bonds. The standard InChI is InChI=1S/C6H7FN2/c1-5-8-3-6(2-7)4-9-5/h3-4H,2H2,1H3. The van der Waals surface area contributed by atoms with Gasteiger partial charge in [-0.05, 0) is 6.92 Å². The lowest BCUT2D eigenvalue weighted by Crippen LogP contribution is -1.88. The van der Waals surface area contributed by atoms with Crippen LogP contribution >= 0.6 is 0 Å². The minimum Gasteiger partial charge on any atom is -0.246 e. The molecule has 2 nitrogen and oxygen atoms in total. The molecule has 0 aliphatic carbocycles. The van der Waals surface area contributed by atoms with Gasteiger partial charge in [-0.25, -0.2) is 14.4 Å². The lowest BCUT2D eigenvalue weighted by molar-refractivity contribution is 0.482. The fourth-order valence-corrected chi connectivity index (χ4v) is 0.488. The van der Waals surface area contributed by atoms with E-state index in [4.69, 9.17) is 0 Å². The number of hydrogen-bond donors (Lipinski definition) is 0. The van der Waals surface area contributed by atoms with E-state index in [1.807, 2.05) is 0 Å². The van der Waals surface area contributed by atoms with E-state index in [0.717, 1.165) is 0 Å². The van der Waals surface area contributed by atoms with Gasteiger partial charge in [0.15, 0.2) is 0 Å². The average molecular weight is 126 g/mol. The van der Waals surface area contributed by atoms with Crippen LogP contribution in [0.3, 0.4) is 0 Å². The molecule has 1 rings (SSSR count). The summed E-state index contributed by atoms with van der Waals surface area (Å²) < 4.78 is 11.8. The van der Waals surface area contributed by atoms with E-state index in [1.54, 1.807) is 6.92 Å². The van der Waals surface area contributed by atoms with Crippen molar-refractivity contribution in [2.45, 2.75) is 13.6 Å². The van der Waals surface area contributed by atoms with E-state index in [0.29, 0.717) is 11.4 Å². The van der Waals surface area contributed by atoms with E-state index in [1.165, 1.54) is 12.4 Å². The van der Waals surface area contributed by atoms with Crippen LogP contribution in [0.25, 0.3) is 0 Å². The third-order valence-electron chi connectivity index (χ3n) is 0.989. The zero-order valence-corrected chi connectivity index (χ0v) is 5.13. The number of nitrogens with zero attached hydrogens (tertiary/aromatic N) is 2. The van der Waals surface area contributed by atoms with Crippen LogP contribution in [-0.4, -0.2) is 9.97 Å². The third kappa shape index (κ3) is 1.45. The Kier molecular flexibility index (Phi) is 1.72. The molecular weight excluding hydrogens is 119 g/mol. The lowest BCUT2D eigenvalue weighted by atomic mass is 10.4. The zero-order chi connectivity index (χ0) is 6.69. The van der Waals surface area contributed by atoms with Gasteiger partial charge in [0.2, 0.25) is 0 Å². The maximum Gasteiger partial charge on any atom is 0.125 e. The summed E-state index contributed by atoms with van der Waals surface area (Å²) in [7, 11) is 0. The van der Waals surface area contributed by atoms with Gasteiger partial charge in [-0.3, -0.25) is 0 Å². The van der Waals surface area contributed by atoms with Crippen molar-refractivity contribution in [2.75, 3.05) is 0 Å². The van der Waals surface area contributed by atoms with Crippen molar-refractivity contribution in [3.63, 3.8) is 0 Å². The summed E-state index contributed by atoms with van der Waals surface area (Å²) in [5, 5.41) is 0. The highest BCUT2D eigenvalue weighted by Crippen LogP contribution is 1.95. The summed E-state index contributed by atoms with van der Waals surface area (Å²) in [5.74, 6) is 0.673. The van der Waals surface area contributed by atoms with Crippen molar-refractivity contribution in [3.8, 4) is 0 Å². The van der Waals surface area contributed by atoms with Crippen molar-refractivity contribution in [1.82, 2.24) is 9.97 Å². The number of aryl methyl sites for hydroxylation is 1. The first-order valence-corrected chi connectivity index (χ1v) is 2.66. The van der Waals surface area contributed by atoms with E-state index in [2.05, 4.69) is 9.97 Å². The van der Waals surface area contributed by atoms with Crippen LogP contribution in [0, 0.1) is 6.92 Å². The molecule has 0 atom stereocenters. The molecule has 48 valence electrons. The molecule has 0 aliphatic heterocycles. The van der Waals surface area contributed by atoms with Gasteiger partial charge in [0.25, 0.3) is 0 Å². The minimum atomic E-state index is -0.486. The smallest absolute Gasteiger partial charge is 0.125 e. The molecule has 1 aromatic heterocycles. The molecule has 0 aliphatic rings. The van der Waals surface area contributed by atoms with Crippen molar-refractivity contribution >= 4 is 0 Å². The summed E-state index contributed by atoms with van der Waals surface area (Å²) in [5.41, 5.74) is 0.528. The largest absolute Gasteiger partial charge is 0.246 e. The SMILES string of the molecule is Cc1ncc(CF)cn1. The maximum absolute atomic E-state index is 11.8. The van der Waals surface area contributed by atoms with Gasteiger partial charge in [-0.15, -0.1) is 0 Å². The number of aromatic nitrogens is 2. The fourth-order valence-electron chi connectivity index (χ4n) is 0.488. The van der Waals surface area contributed by atoms with Crippen molar-refractivity contribution in [1.29, 1.82) is 0 Å². The molecule has 0 unspecified atom stereocenters. The Morgan fingerprint density at radius 2 is 2.00 bits per heavy atom. The van der Waals surface area contributed by atoms with Gasteiger partial charge in [0, 0.05) is 18.0 Å². The van der Waals surface area contributed by atoms with Gasteiger partial charge < -0.3 is 0 Å². The van der Waals surface area contributed by atoms with Gasteiger partial charge >= 0.3 is 0 Å². The summed E-state index contributed by atoms with van der Waals surface area (Å²) in [6, 6.07) is 0. The second-order valence-corrected chi connectivity index (χ2v) is 1.77. The third-order valence-corrected chi connectivity index (χ3v) is 0.989. The highest BCUT2D eigenvalue weighted by atomic mass is 19.1. The van der Waals surface area contributed by atoms with Crippen LogP contribution in [0.2, 0.25) is 0 Å². The topological polar surface area (TPSA) is 25.8 Å². The Bertz CT molecular complexity index is 183. The van der Waals surface area contributed by atoms with Crippen LogP contribution in [0.4, 0.5) is 4.39 Å². The van der Waals surface area contributed by atoms with Gasteiger partial charge in [0.05, 0.1) is 0 Å². The highest BCUT2D eigenvalue weighted by Gasteiger charge is 1.89. The molecule has 9 heavy (non-hydrogen) atoms. The van der Waals surface area contributed by atoms with E-state index < -0.39 is 6.67 Å². The van der Waals surface area contributed by atoms with Gasteiger partial charge in [0.1, 0.15) is 12.5 Å². The minimum absolute atomic E-state index is 0.486. The van der Waals surface area contributed by atoms with Crippen LogP contribution in [-0.2, 0) is 6.67 Å². The molecule has 0 radical (unpaired) electrons. The molecule has 0 spiro atoms. The first-order valence-electron chi connectivity index (χ1n) is 2.66. The second kappa shape index (κ2) is 2.53. The van der Waals surface area contributed by atoms with E-state index in [-0.39, 0.29) is 0 Å². The maximum atomic E-state index is 11.8.